The van der Waals surface area contributed by atoms with Gasteiger partial charge in [-0.25, -0.2) is 4.79 Å². The number of hydrogen-bond acceptors (Lipinski definition) is 4. The smallest absolute Gasteiger partial charge is 0.335 e. The van der Waals surface area contributed by atoms with Gasteiger partial charge in [-0.15, -0.1) is 0 Å². The molecule has 0 radical (unpaired) electrons. The number of aromatic carboxylic acids is 1. The summed E-state index contributed by atoms with van der Waals surface area (Å²) in [6, 6.07) is 5.03. The maximum absolute atomic E-state index is 12.3. The Morgan fingerprint density at radius 2 is 1.95 bits per heavy atom. The highest BCUT2D eigenvalue weighted by atomic mass is 32.2. The molecule has 1 N–H and O–H groups in total. The van der Waals surface area contributed by atoms with Crippen molar-refractivity contribution in [3.05, 3.63) is 29.3 Å². The van der Waals surface area contributed by atoms with E-state index in [1.165, 1.54) is 6.07 Å². The lowest BCUT2D eigenvalue weighted by Crippen LogP contribution is -2.45. The number of hydrogen-bond donors (Lipinski definition) is 1. The summed E-state index contributed by atoms with van der Waals surface area (Å²) in [6.45, 7) is 6.63. The van der Waals surface area contributed by atoms with E-state index in [1.54, 1.807) is 19.1 Å². The van der Waals surface area contributed by atoms with Crippen LogP contribution in [-0.2, 0) is 10.8 Å². The monoisotopic (exact) mass is 310 g/mol. The summed E-state index contributed by atoms with van der Waals surface area (Å²) in [5, 5.41) is 9.12. The molecule has 1 aliphatic heterocycles. The Balaban J connectivity index is 1.94. The zero-order chi connectivity index (χ0) is 15.4. The lowest BCUT2D eigenvalue weighted by atomic mass is 10.1. The first-order valence-electron chi connectivity index (χ1n) is 7.10. The van der Waals surface area contributed by atoms with Crippen LogP contribution in [0, 0.1) is 6.92 Å². The zero-order valence-corrected chi connectivity index (χ0v) is 13.4. The molecule has 0 aromatic heterocycles. The second kappa shape index (κ2) is 7.15. The fraction of sp³-hybridized carbons (Fsp3) is 0.533. The molecule has 0 aliphatic carbocycles. The van der Waals surface area contributed by atoms with Crippen LogP contribution < -0.4 is 0 Å². The van der Waals surface area contributed by atoms with E-state index in [9.17, 15) is 9.00 Å². The van der Waals surface area contributed by atoms with Crippen LogP contribution in [0.2, 0.25) is 0 Å². The SMILES string of the molecule is Cc1ccc(S(=O)CCN2CCN(C)CC2)cc1C(=O)O. The number of carboxylic acids is 1. The Labute approximate surface area is 128 Å². The highest BCUT2D eigenvalue weighted by Crippen LogP contribution is 2.15. The summed E-state index contributed by atoms with van der Waals surface area (Å²) < 4.78 is 12.3. The number of likely N-dealkylation sites (N-methyl/N-ethyl adjacent to an activating group) is 1. The second-order valence-corrected chi connectivity index (χ2v) is 7.05. The summed E-state index contributed by atoms with van der Waals surface area (Å²) >= 11 is 0. The van der Waals surface area contributed by atoms with Gasteiger partial charge in [0.05, 0.1) is 16.4 Å². The van der Waals surface area contributed by atoms with Crippen LogP contribution in [0.5, 0.6) is 0 Å². The predicted molar refractivity (Wildman–Crippen MR) is 83.4 cm³/mol. The van der Waals surface area contributed by atoms with Crippen molar-refractivity contribution in [3.8, 4) is 0 Å². The largest absolute Gasteiger partial charge is 0.478 e. The first kappa shape index (κ1) is 16.1. The molecule has 1 unspecified atom stereocenters. The van der Waals surface area contributed by atoms with Gasteiger partial charge in [-0.2, -0.15) is 0 Å². The van der Waals surface area contributed by atoms with Gasteiger partial charge in [-0.3, -0.25) is 9.11 Å². The van der Waals surface area contributed by atoms with E-state index in [4.69, 9.17) is 5.11 Å². The first-order valence-corrected chi connectivity index (χ1v) is 8.42. The van der Waals surface area contributed by atoms with Crippen molar-refractivity contribution in [1.82, 2.24) is 9.80 Å². The molecular weight excluding hydrogens is 288 g/mol. The number of rotatable bonds is 5. The van der Waals surface area contributed by atoms with Crippen LogP contribution in [0.25, 0.3) is 0 Å². The summed E-state index contributed by atoms with van der Waals surface area (Å²) in [5.74, 6) is -0.420. The van der Waals surface area contributed by atoms with Crippen LogP contribution in [0.15, 0.2) is 23.1 Å². The summed E-state index contributed by atoms with van der Waals surface area (Å²) in [7, 11) is 0.959. The molecule has 116 valence electrons. The first-order chi connectivity index (χ1) is 9.97. The molecular formula is C15H22N2O3S. The molecule has 2 rings (SSSR count). The van der Waals surface area contributed by atoms with E-state index in [2.05, 4.69) is 16.8 Å². The Bertz CT molecular complexity index is 540. The lowest BCUT2D eigenvalue weighted by Gasteiger charge is -2.32. The Kier molecular flexibility index (Phi) is 5.50. The van der Waals surface area contributed by atoms with Gasteiger partial charge < -0.3 is 10.0 Å². The molecule has 1 aliphatic rings. The van der Waals surface area contributed by atoms with Crippen molar-refractivity contribution in [2.24, 2.45) is 0 Å². The van der Waals surface area contributed by atoms with Crippen LogP contribution in [0.3, 0.4) is 0 Å². The Morgan fingerprint density at radius 3 is 2.57 bits per heavy atom. The van der Waals surface area contributed by atoms with Crippen LogP contribution in [0.4, 0.5) is 0 Å². The molecule has 21 heavy (non-hydrogen) atoms. The van der Waals surface area contributed by atoms with Gasteiger partial charge in [0.1, 0.15) is 0 Å². The fourth-order valence-corrected chi connectivity index (χ4v) is 3.50. The highest BCUT2D eigenvalue weighted by Gasteiger charge is 2.16. The maximum atomic E-state index is 12.3. The van der Waals surface area contributed by atoms with Crippen molar-refractivity contribution in [1.29, 1.82) is 0 Å². The minimum atomic E-state index is -1.15. The Morgan fingerprint density at radius 1 is 1.29 bits per heavy atom. The second-order valence-electron chi connectivity index (χ2n) is 5.48. The van der Waals surface area contributed by atoms with E-state index < -0.39 is 16.8 Å². The van der Waals surface area contributed by atoms with Crippen molar-refractivity contribution >= 4 is 16.8 Å². The molecule has 1 atom stereocenters. The quantitative estimate of drug-likeness (QED) is 0.881. The van der Waals surface area contributed by atoms with E-state index in [1.807, 2.05) is 0 Å². The molecule has 1 aromatic carbocycles. The van der Waals surface area contributed by atoms with Crippen LogP contribution >= 0.6 is 0 Å². The minimum absolute atomic E-state index is 0.237. The van der Waals surface area contributed by atoms with Gasteiger partial charge in [0, 0.05) is 43.4 Å². The van der Waals surface area contributed by atoms with Gasteiger partial charge in [0.2, 0.25) is 0 Å². The third kappa shape index (κ3) is 4.36. The van der Waals surface area contributed by atoms with Crippen molar-refractivity contribution in [2.75, 3.05) is 45.5 Å². The van der Waals surface area contributed by atoms with E-state index in [0.29, 0.717) is 16.2 Å². The van der Waals surface area contributed by atoms with Gasteiger partial charge in [0.15, 0.2) is 0 Å². The molecule has 0 saturated carbocycles. The van der Waals surface area contributed by atoms with E-state index in [0.717, 1.165) is 32.7 Å². The average molecular weight is 310 g/mol. The molecule has 0 amide bonds. The number of piperazine rings is 1. The van der Waals surface area contributed by atoms with Crippen LogP contribution in [-0.4, -0.2) is 70.6 Å². The van der Waals surface area contributed by atoms with Crippen molar-refractivity contribution in [2.45, 2.75) is 11.8 Å². The van der Waals surface area contributed by atoms with Gasteiger partial charge in [0.25, 0.3) is 0 Å². The fourth-order valence-electron chi connectivity index (χ4n) is 2.37. The molecule has 1 aromatic rings. The maximum Gasteiger partial charge on any atom is 0.335 e. The molecule has 0 bridgehead atoms. The topological polar surface area (TPSA) is 60.9 Å². The predicted octanol–water partition coefficient (Wildman–Crippen LogP) is 1.05. The van der Waals surface area contributed by atoms with Gasteiger partial charge in [-0.05, 0) is 31.7 Å². The number of carbonyl (C=O) groups is 1. The van der Waals surface area contributed by atoms with E-state index in [-0.39, 0.29) is 5.56 Å². The number of aryl methyl sites for hydroxylation is 1. The van der Waals surface area contributed by atoms with Gasteiger partial charge in [-0.1, -0.05) is 6.07 Å². The molecule has 0 spiro atoms. The lowest BCUT2D eigenvalue weighted by molar-refractivity contribution is 0.0696. The zero-order valence-electron chi connectivity index (χ0n) is 12.5. The normalized spacial score (nSPS) is 18.6. The van der Waals surface area contributed by atoms with Gasteiger partial charge >= 0.3 is 5.97 Å². The van der Waals surface area contributed by atoms with E-state index >= 15 is 0 Å². The molecule has 1 fully saturated rings. The average Bonchev–Trinajstić information content (AvgIpc) is 2.46. The van der Waals surface area contributed by atoms with Crippen molar-refractivity contribution in [3.63, 3.8) is 0 Å². The molecule has 5 nitrogen and oxygen atoms in total. The molecule has 6 heteroatoms. The highest BCUT2D eigenvalue weighted by molar-refractivity contribution is 7.85. The third-order valence-corrected chi connectivity index (χ3v) is 5.22. The summed E-state index contributed by atoms with van der Waals surface area (Å²) in [6.07, 6.45) is 0. The minimum Gasteiger partial charge on any atom is -0.478 e. The molecule has 1 saturated heterocycles. The third-order valence-electron chi connectivity index (χ3n) is 3.89. The van der Waals surface area contributed by atoms with Crippen molar-refractivity contribution < 1.29 is 14.1 Å². The standard InChI is InChI=1S/C15H22N2O3S/c1-12-3-4-13(11-14(12)15(18)19)21(20)10-9-17-7-5-16(2)6-8-17/h3-4,11H,5-10H2,1-2H3,(H,18,19). The van der Waals surface area contributed by atoms with Crippen LogP contribution in [0.1, 0.15) is 15.9 Å². The number of nitrogens with zero attached hydrogens (tertiary/aromatic N) is 2. The summed E-state index contributed by atoms with van der Waals surface area (Å²) in [4.78, 5) is 16.3. The molecule has 1 heterocycles. The number of benzene rings is 1. The Hall–Kier alpha value is -1.24. The number of carboxylic acid groups (broad SMARTS) is 1. The summed E-state index contributed by atoms with van der Waals surface area (Å²) in [5.41, 5.74) is 0.933.